The van der Waals surface area contributed by atoms with Gasteiger partial charge in [-0.25, -0.2) is 0 Å². The van der Waals surface area contributed by atoms with E-state index in [-0.39, 0.29) is 17.7 Å². The fraction of sp³-hybridized carbons (Fsp3) is 0.333. The second kappa shape index (κ2) is 14.8. The molecule has 0 bridgehead atoms. The first-order chi connectivity index (χ1) is 14.4. The summed E-state index contributed by atoms with van der Waals surface area (Å²) < 4.78 is 15.0. The van der Waals surface area contributed by atoms with Crippen molar-refractivity contribution in [1.29, 1.82) is 0 Å². The highest BCUT2D eigenvalue weighted by Crippen LogP contribution is 2.05. The van der Waals surface area contributed by atoms with E-state index in [4.69, 9.17) is 18.4 Å². The van der Waals surface area contributed by atoms with Crippen molar-refractivity contribution in [3.63, 3.8) is 0 Å². The maximum Gasteiger partial charge on any atom is 0.152 e. The van der Waals surface area contributed by atoms with E-state index >= 15 is 0 Å². The molecule has 162 valence electrons. The number of Topliss-reactive ketones (excluding diaryl/α,β-unsaturated/α-hetero) is 1. The summed E-state index contributed by atoms with van der Waals surface area (Å²) in [6.07, 6.45) is 10.6. The third-order valence-electron chi connectivity index (χ3n) is 3.72. The fourth-order valence-electron chi connectivity index (χ4n) is 2.15. The summed E-state index contributed by atoms with van der Waals surface area (Å²) in [7, 11) is 0. The van der Waals surface area contributed by atoms with Crippen molar-refractivity contribution in [2.24, 2.45) is 0 Å². The van der Waals surface area contributed by atoms with E-state index in [0.29, 0.717) is 12.2 Å². The molecule has 1 atom stereocenters. The Bertz CT molecular complexity index is 825. The zero-order valence-corrected chi connectivity index (χ0v) is 17.7. The van der Waals surface area contributed by atoms with Crippen LogP contribution >= 0.6 is 0 Å². The maximum absolute atomic E-state index is 10.5. The molecule has 30 heavy (non-hydrogen) atoms. The summed E-state index contributed by atoms with van der Waals surface area (Å²) >= 11 is 0. The lowest BCUT2D eigenvalue weighted by atomic mass is 10.2. The largest absolute Gasteiger partial charge is 0.469 e. The number of hydrogen-bond acceptors (Lipinski definition) is 6. The van der Waals surface area contributed by atoms with Crippen molar-refractivity contribution in [2.75, 3.05) is 0 Å². The van der Waals surface area contributed by atoms with Crippen molar-refractivity contribution in [3.05, 3.63) is 78.5 Å². The molecule has 3 rings (SSSR count). The molecule has 0 fully saturated rings. The van der Waals surface area contributed by atoms with E-state index < -0.39 is 0 Å². The standard InChI is InChI=1S/C8H12O2.C8H10O2.C8H8O2/c3*1-7(9)4-5-8-3-2-6-10-8/h2-3,6-7,9H,4-5H2,1H3;2-3,6H,4-5H2,1H3;2-6H,1H3/b;;5-4+. The molecule has 0 aromatic carbocycles. The van der Waals surface area contributed by atoms with Gasteiger partial charge in [0.25, 0.3) is 0 Å². The van der Waals surface area contributed by atoms with Crippen LogP contribution in [0.2, 0.25) is 0 Å². The predicted molar refractivity (Wildman–Crippen MR) is 115 cm³/mol. The minimum Gasteiger partial charge on any atom is -0.469 e. The zero-order chi connectivity index (χ0) is 22.2. The molecule has 3 heterocycles. The molecule has 0 spiro atoms. The number of rotatable bonds is 8. The number of furan rings is 3. The number of allylic oxidation sites excluding steroid dienone is 1. The zero-order valence-electron chi connectivity index (χ0n) is 17.7. The van der Waals surface area contributed by atoms with Crippen LogP contribution in [0.4, 0.5) is 0 Å². The van der Waals surface area contributed by atoms with E-state index in [9.17, 15) is 9.59 Å². The quantitative estimate of drug-likeness (QED) is 0.504. The Morgan fingerprint density at radius 3 is 1.93 bits per heavy atom. The van der Waals surface area contributed by atoms with Gasteiger partial charge in [-0.05, 0) is 75.7 Å². The first-order valence-corrected chi connectivity index (χ1v) is 9.81. The van der Waals surface area contributed by atoms with Gasteiger partial charge >= 0.3 is 0 Å². The second-order valence-electron chi connectivity index (χ2n) is 6.71. The molecule has 0 amide bonds. The monoisotopic (exact) mass is 414 g/mol. The van der Waals surface area contributed by atoms with Gasteiger partial charge in [0.2, 0.25) is 0 Å². The smallest absolute Gasteiger partial charge is 0.152 e. The summed E-state index contributed by atoms with van der Waals surface area (Å²) in [6, 6.07) is 11.1. The lowest BCUT2D eigenvalue weighted by Crippen LogP contribution is -2.00. The molecule has 3 aromatic heterocycles. The van der Waals surface area contributed by atoms with Gasteiger partial charge in [0, 0.05) is 19.3 Å². The number of carbonyl (C=O) groups is 2. The molecule has 0 saturated heterocycles. The average molecular weight is 414 g/mol. The summed E-state index contributed by atoms with van der Waals surface area (Å²) in [5.41, 5.74) is 0. The average Bonchev–Trinajstić information content (AvgIpc) is 3.48. The van der Waals surface area contributed by atoms with E-state index in [0.717, 1.165) is 30.8 Å². The van der Waals surface area contributed by atoms with Crippen molar-refractivity contribution >= 4 is 17.6 Å². The Balaban J connectivity index is 0.000000225. The van der Waals surface area contributed by atoms with Crippen molar-refractivity contribution < 1.29 is 27.9 Å². The fourth-order valence-corrected chi connectivity index (χ4v) is 2.15. The molecular formula is C24H30O6. The van der Waals surface area contributed by atoms with Gasteiger partial charge in [-0.3, -0.25) is 4.79 Å². The number of carbonyl (C=O) groups excluding carboxylic acids is 2. The molecule has 0 saturated carbocycles. The van der Waals surface area contributed by atoms with Crippen LogP contribution in [-0.2, 0) is 22.4 Å². The van der Waals surface area contributed by atoms with Crippen LogP contribution in [0.5, 0.6) is 0 Å². The number of aliphatic hydroxyl groups is 1. The van der Waals surface area contributed by atoms with Crippen LogP contribution in [0.1, 0.15) is 50.9 Å². The van der Waals surface area contributed by atoms with Gasteiger partial charge in [-0.1, -0.05) is 0 Å². The molecule has 1 N–H and O–H groups in total. The predicted octanol–water partition coefficient (Wildman–Crippen LogP) is 5.28. The van der Waals surface area contributed by atoms with Gasteiger partial charge in [0.05, 0.1) is 24.9 Å². The van der Waals surface area contributed by atoms with E-state index in [1.807, 2.05) is 24.3 Å². The van der Waals surface area contributed by atoms with Crippen LogP contribution in [0.3, 0.4) is 0 Å². The van der Waals surface area contributed by atoms with E-state index in [1.165, 1.54) is 13.0 Å². The van der Waals surface area contributed by atoms with Gasteiger partial charge < -0.3 is 23.2 Å². The number of ketones is 2. The summed E-state index contributed by atoms with van der Waals surface area (Å²) in [6.45, 7) is 4.87. The van der Waals surface area contributed by atoms with Crippen LogP contribution in [0.15, 0.2) is 74.5 Å². The van der Waals surface area contributed by atoms with Gasteiger partial charge in [0.1, 0.15) is 23.1 Å². The van der Waals surface area contributed by atoms with E-state index in [1.54, 1.807) is 50.8 Å². The van der Waals surface area contributed by atoms with Crippen molar-refractivity contribution in [1.82, 2.24) is 0 Å². The molecule has 0 aliphatic rings. The Kier molecular flexibility index (Phi) is 12.3. The third-order valence-corrected chi connectivity index (χ3v) is 3.72. The highest BCUT2D eigenvalue weighted by atomic mass is 16.3. The number of aliphatic hydroxyl groups excluding tert-OH is 1. The summed E-state index contributed by atoms with van der Waals surface area (Å²) in [4.78, 5) is 20.9. The van der Waals surface area contributed by atoms with Crippen molar-refractivity contribution in [2.45, 2.75) is 52.6 Å². The first kappa shape index (κ1) is 24.9. The van der Waals surface area contributed by atoms with Crippen LogP contribution in [-0.4, -0.2) is 22.8 Å². The number of hydrogen-bond donors (Lipinski definition) is 1. The first-order valence-electron chi connectivity index (χ1n) is 9.81. The highest BCUT2D eigenvalue weighted by Gasteiger charge is 1.98. The lowest BCUT2D eigenvalue weighted by Gasteiger charge is -1.99. The van der Waals surface area contributed by atoms with Crippen molar-refractivity contribution in [3.8, 4) is 0 Å². The molecule has 6 heteroatoms. The number of aryl methyl sites for hydroxylation is 2. The van der Waals surface area contributed by atoms with Gasteiger partial charge in [-0.2, -0.15) is 0 Å². The minimum absolute atomic E-state index is 0.0244. The second-order valence-corrected chi connectivity index (χ2v) is 6.71. The Labute approximate surface area is 177 Å². The molecular weight excluding hydrogens is 384 g/mol. The Hall–Kier alpha value is -3.12. The minimum atomic E-state index is -0.231. The molecule has 0 aliphatic heterocycles. The molecule has 3 aromatic rings. The topological polar surface area (TPSA) is 93.8 Å². The Morgan fingerprint density at radius 2 is 1.50 bits per heavy atom. The highest BCUT2D eigenvalue weighted by molar-refractivity contribution is 5.91. The third kappa shape index (κ3) is 13.1. The maximum atomic E-state index is 10.5. The van der Waals surface area contributed by atoms with Gasteiger partial charge in [0.15, 0.2) is 5.78 Å². The lowest BCUT2D eigenvalue weighted by molar-refractivity contribution is -0.117. The molecule has 1 unspecified atom stereocenters. The normalized spacial score (nSPS) is 11.2. The molecule has 6 nitrogen and oxygen atoms in total. The molecule has 0 aliphatic carbocycles. The SMILES string of the molecule is CC(=O)/C=C/c1ccco1.CC(=O)CCc1ccco1.CC(O)CCc1ccco1. The summed E-state index contributed by atoms with van der Waals surface area (Å²) in [5, 5.41) is 8.91. The van der Waals surface area contributed by atoms with Crippen LogP contribution in [0, 0.1) is 0 Å². The van der Waals surface area contributed by atoms with Crippen LogP contribution < -0.4 is 0 Å². The van der Waals surface area contributed by atoms with Crippen LogP contribution in [0.25, 0.3) is 6.08 Å². The summed E-state index contributed by atoms with van der Waals surface area (Å²) in [5.74, 6) is 2.76. The van der Waals surface area contributed by atoms with E-state index in [2.05, 4.69) is 0 Å². The van der Waals surface area contributed by atoms with Gasteiger partial charge in [-0.15, -0.1) is 0 Å². The Morgan fingerprint density at radius 1 is 0.933 bits per heavy atom. The molecule has 0 radical (unpaired) electrons.